The quantitative estimate of drug-likeness (QED) is 0.0945. The second-order valence-electron chi connectivity index (χ2n) is 13.3. The molecule has 0 aromatic heterocycles. The summed E-state index contributed by atoms with van der Waals surface area (Å²) in [6, 6.07) is 12.6. The topological polar surface area (TPSA) is 35.5 Å². The van der Waals surface area contributed by atoms with Crippen molar-refractivity contribution in [2.45, 2.75) is 142 Å². The molecule has 0 atom stereocenters. The first-order valence-corrected chi connectivity index (χ1v) is 17.2. The minimum absolute atomic E-state index is 0.0580. The van der Waals surface area contributed by atoms with E-state index in [1.807, 2.05) is 30.3 Å². The van der Waals surface area contributed by atoms with Crippen molar-refractivity contribution in [2.75, 3.05) is 6.61 Å². The Labute approximate surface area is 255 Å². The summed E-state index contributed by atoms with van der Waals surface area (Å²) in [5, 5.41) is 0. The Morgan fingerprint density at radius 3 is 1.83 bits per heavy atom. The first-order chi connectivity index (χ1) is 20.5. The van der Waals surface area contributed by atoms with Gasteiger partial charge in [-0.2, -0.15) is 0 Å². The Hall–Kier alpha value is -2.36. The number of benzene rings is 2. The van der Waals surface area contributed by atoms with E-state index < -0.39 is 0 Å². The van der Waals surface area contributed by atoms with Crippen molar-refractivity contribution in [1.82, 2.24) is 0 Å². The third kappa shape index (κ3) is 9.07. The Morgan fingerprint density at radius 2 is 1.24 bits per heavy atom. The molecule has 0 saturated heterocycles. The van der Waals surface area contributed by atoms with Gasteiger partial charge in [0.2, 0.25) is 0 Å². The van der Waals surface area contributed by atoms with Gasteiger partial charge >= 0.3 is 5.97 Å². The summed E-state index contributed by atoms with van der Waals surface area (Å²) < 4.78 is 26.4. The lowest BCUT2D eigenvalue weighted by Gasteiger charge is -2.52. The van der Waals surface area contributed by atoms with Crippen LogP contribution in [0.25, 0.3) is 11.1 Å². The standard InChI is InChI=1S/C38H55FO3/c1-3-5-7-9-11-12-14-22-37-23-26-38(27-24-37,28-25-37)36(40)42-33-19-16-31(17-20-33)32-18-21-35(34(39)30-32)41-29-15-13-10-8-6-4-2/h16-21,30H,3-15,22-29H2,1-2H3. The highest BCUT2D eigenvalue weighted by Crippen LogP contribution is 2.59. The van der Waals surface area contributed by atoms with Crippen LogP contribution in [0.1, 0.15) is 142 Å². The molecule has 0 radical (unpaired) electrons. The van der Waals surface area contributed by atoms with Gasteiger partial charge in [-0.3, -0.25) is 4.79 Å². The molecule has 3 fully saturated rings. The summed E-state index contributed by atoms with van der Waals surface area (Å²) in [5.74, 6) is 0.481. The van der Waals surface area contributed by atoms with Crippen LogP contribution in [-0.4, -0.2) is 12.6 Å². The van der Waals surface area contributed by atoms with E-state index in [1.54, 1.807) is 6.07 Å². The van der Waals surface area contributed by atoms with E-state index in [-0.39, 0.29) is 17.2 Å². The molecule has 0 amide bonds. The molecule has 2 aromatic rings. The highest BCUT2D eigenvalue weighted by Gasteiger charge is 2.52. The molecule has 3 saturated carbocycles. The fraction of sp³-hybridized carbons (Fsp3) is 0.658. The average Bonchev–Trinajstić information content (AvgIpc) is 3.02. The summed E-state index contributed by atoms with van der Waals surface area (Å²) in [5.41, 5.74) is 1.83. The number of ether oxygens (including phenoxy) is 2. The van der Waals surface area contributed by atoms with Gasteiger partial charge in [0.1, 0.15) is 5.75 Å². The second-order valence-corrected chi connectivity index (χ2v) is 13.3. The predicted molar refractivity (Wildman–Crippen MR) is 172 cm³/mol. The molecule has 2 bridgehead atoms. The fourth-order valence-electron chi connectivity index (χ4n) is 7.19. The predicted octanol–water partition coefficient (Wildman–Crippen LogP) is 11.6. The Bertz CT molecular complexity index is 1070. The van der Waals surface area contributed by atoms with E-state index in [0.717, 1.165) is 43.2 Å². The molecule has 232 valence electrons. The molecular formula is C38H55FO3. The number of hydrogen-bond acceptors (Lipinski definition) is 3. The van der Waals surface area contributed by atoms with Crippen LogP contribution in [-0.2, 0) is 4.79 Å². The molecule has 5 rings (SSSR count). The van der Waals surface area contributed by atoms with Crippen molar-refractivity contribution in [2.24, 2.45) is 10.8 Å². The first kappa shape index (κ1) is 32.6. The van der Waals surface area contributed by atoms with Crippen LogP contribution in [0.15, 0.2) is 42.5 Å². The number of halogens is 1. The molecule has 0 heterocycles. The van der Waals surface area contributed by atoms with Crippen LogP contribution >= 0.6 is 0 Å². The highest BCUT2D eigenvalue weighted by atomic mass is 19.1. The minimum atomic E-state index is -0.342. The lowest BCUT2D eigenvalue weighted by Crippen LogP contribution is -2.47. The second kappa shape index (κ2) is 16.5. The van der Waals surface area contributed by atoms with Gasteiger partial charge in [0, 0.05) is 0 Å². The highest BCUT2D eigenvalue weighted by molar-refractivity contribution is 5.80. The SMILES string of the molecule is CCCCCCCCCC12CCC(C(=O)Oc3ccc(-c4ccc(OCCCCCCCC)c(F)c4)cc3)(CC1)CC2. The van der Waals surface area contributed by atoms with Gasteiger partial charge in [0.15, 0.2) is 11.6 Å². The van der Waals surface area contributed by atoms with Gasteiger partial charge < -0.3 is 9.47 Å². The summed E-state index contributed by atoms with van der Waals surface area (Å²) in [6.07, 6.45) is 24.3. The molecule has 4 heteroatoms. The van der Waals surface area contributed by atoms with Gasteiger partial charge in [-0.1, -0.05) is 109 Å². The molecule has 0 aliphatic heterocycles. The van der Waals surface area contributed by atoms with Gasteiger partial charge in [-0.15, -0.1) is 0 Å². The van der Waals surface area contributed by atoms with E-state index in [2.05, 4.69) is 13.8 Å². The molecule has 3 nitrogen and oxygen atoms in total. The molecule has 3 aliphatic rings. The average molecular weight is 579 g/mol. The van der Waals surface area contributed by atoms with E-state index in [9.17, 15) is 9.18 Å². The number of esters is 1. The van der Waals surface area contributed by atoms with Crippen molar-refractivity contribution in [3.05, 3.63) is 48.3 Å². The van der Waals surface area contributed by atoms with Crippen LogP contribution in [0, 0.1) is 16.6 Å². The lowest BCUT2D eigenvalue weighted by atomic mass is 9.52. The largest absolute Gasteiger partial charge is 0.491 e. The van der Waals surface area contributed by atoms with Gasteiger partial charge in [-0.25, -0.2) is 4.39 Å². The van der Waals surface area contributed by atoms with Crippen LogP contribution in [0.4, 0.5) is 4.39 Å². The van der Waals surface area contributed by atoms with Crippen molar-refractivity contribution in [1.29, 1.82) is 0 Å². The van der Waals surface area contributed by atoms with E-state index in [0.29, 0.717) is 23.5 Å². The Balaban J connectivity index is 1.21. The van der Waals surface area contributed by atoms with Crippen LogP contribution < -0.4 is 9.47 Å². The smallest absolute Gasteiger partial charge is 0.317 e. The number of carbonyl (C=O) groups is 1. The van der Waals surface area contributed by atoms with E-state index >= 15 is 0 Å². The molecule has 0 N–H and O–H groups in total. The molecular weight excluding hydrogens is 523 g/mol. The third-order valence-corrected chi connectivity index (χ3v) is 10.2. The number of hydrogen-bond donors (Lipinski definition) is 0. The zero-order valence-corrected chi connectivity index (χ0v) is 26.5. The van der Waals surface area contributed by atoms with Crippen LogP contribution in [0.5, 0.6) is 11.5 Å². The first-order valence-electron chi connectivity index (χ1n) is 17.2. The number of carbonyl (C=O) groups excluding carboxylic acids is 1. The zero-order valence-electron chi connectivity index (χ0n) is 26.5. The molecule has 0 unspecified atom stereocenters. The van der Waals surface area contributed by atoms with Crippen molar-refractivity contribution >= 4 is 5.97 Å². The summed E-state index contributed by atoms with van der Waals surface area (Å²) in [4.78, 5) is 13.4. The number of fused-ring (bicyclic) bond motifs is 3. The molecule has 42 heavy (non-hydrogen) atoms. The lowest BCUT2D eigenvalue weighted by molar-refractivity contribution is -0.156. The number of rotatable bonds is 19. The maximum Gasteiger partial charge on any atom is 0.317 e. The van der Waals surface area contributed by atoms with Crippen LogP contribution in [0.2, 0.25) is 0 Å². The Kier molecular flexibility index (Phi) is 12.8. The van der Waals surface area contributed by atoms with E-state index in [1.165, 1.54) is 102 Å². The maximum atomic E-state index is 14.7. The van der Waals surface area contributed by atoms with Gasteiger partial charge in [-0.05, 0) is 92.2 Å². The van der Waals surface area contributed by atoms with Crippen molar-refractivity contribution < 1.29 is 18.7 Å². The third-order valence-electron chi connectivity index (χ3n) is 10.2. The van der Waals surface area contributed by atoms with Crippen LogP contribution in [0.3, 0.4) is 0 Å². The zero-order chi connectivity index (χ0) is 29.7. The van der Waals surface area contributed by atoms with Gasteiger partial charge in [0.25, 0.3) is 0 Å². The Morgan fingerprint density at radius 1 is 0.690 bits per heavy atom. The van der Waals surface area contributed by atoms with Crippen molar-refractivity contribution in [3.63, 3.8) is 0 Å². The summed E-state index contributed by atoms with van der Waals surface area (Å²) in [6.45, 7) is 5.03. The molecule has 2 aromatic carbocycles. The van der Waals surface area contributed by atoms with E-state index in [4.69, 9.17) is 9.47 Å². The monoisotopic (exact) mass is 578 g/mol. The summed E-state index contributed by atoms with van der Waals surface area (Å²) >= 11 is 0. The minimum Gasteiger partial charge on any atom is -0.491 e. The molecule has 0 spiro atoms. The summed E-state index contributed by atoms with van der Waals surface area (Å²) in [7, 11) is 0. The maximum absolute atomic E-state index is 14.7. The molecule has 3 aliphatic carbocycles. The normalized spacial score (nSPS) is 21.4. The van der Waals surface area contributed by atoms with Crippen molar-refractivity contribution in [3.8, 4) is 22.6 Å². The van der Waals surface area contributed by atoms with Gasteiger partial charge in [0.05, 0.1) is 12.0 Å². The number of unbranched alkanes of at least 4 members (excludes halogenated alkanes) is 11. The fourth-order valence-corrected chi connectivity index (χ4v) is 7.19.